The van der Waals surface area contributed by atoms with Crippen molar-refractivity contribution >= 4 is 24.8 Å². The Labute approximate surface area is 122 Å². The molecular weight excluding hydrogens is 302 g/mol. The maximum Gasteiger partial charge on any atom is 0.409 e. The lowest BCUT2D eigenvalue weighted by Crippen LogP contribution is -2.49. The van der Waals surface area contributed by atoms with Crippen molar-refractivity contribution in [3.8, 4) is 0 Å². The Hall–Kier alpha value is -0.560. The highest BCUT2D eigenvalue weighted by molar-refractivity contribution is 5.85. The molecule has 0 aromatic carbocycles. The lowest BCUT2D eigenvalue weighted by Gasteiger charge is -2.35. The summed E-state index contributed by atoms with van der Waals surface area (Å²) in [5.41, 5.74) is 0.0712. The number of pyridine rings is 1. The molecule has 0 spiro atoms. The van der Waals surface area contributed by atoms with Gasteiger partial charge in [-0.1, -0.05) is 6.07 Å². The van der Waals surface area contributed by atoms with Crippen molar-refractivity contribution in [1.82, 2.24) is 15.2 Å². The van der Waals surface area contributed by atoms with Crippen LogP contribution in [0.4, 0.5) is 13.2 Å². The lowest BCUT2D eigenvalue weighted by molar-refractivity contribution is -0.188. The van der Waals surface area contributed by atoms with Crippen molar-refractivity contribution in [3.05, 3.63) is 30.1 Å². The zero-order valence-electron chi connectivity index (χ0n) is 10.1. The van der Waals surface area contributed by atoms with E-state index in [9.17, 15) is 13.2 Å². The molecule has 1 aliphatic rings. The predicted molar refractivity (Wildman–Crippen MR) is 72.0 cm³/mol. The fourth-order valence-electron chi connectivity index (χ4n) is 2.04. The predicted octanol–water partition coefficient (Wildman–Crippen LogP) is 2.43. The summed E-state index contributed by atoms with van der Waals surface area (Å²) in [6.45, 7) is 1.94. The van der Waals surface area contributed by atoms with Crippen LogP contribution in [0.15, 0.2) is 24.4 Å². The maximum absolute atomic E-state index is 13.1. The van der Waals surface area contributed by atoms with E-state index in [1.807, 2.05) is 0 Å². The molecule has 1 N–H and O–H groups in total. The number of piperazine rings is 1. The zero-order valence-corrected chi connectivity index (χ0v) is 11.7. The Morgan fingerprint density at radius 2 is 1.79 bits per heavy atom. The van der Waals surface area contributed by atoms with E-state index >= 15 is 0 Å². The van der Waals surface area contributed by atoms with Gasteiger partial charge >= 0.3 is 6.18 Å². The molecule has 19 heavy (non-hydrogen) atoms. The highest BCUT2D eigenvalue weighted by Crippen LogP contribution is 2.36. The van der Waals surface area contributed by atoms with Crippen molar-refractivity contribution in [1.29, 1.82) is 0 Å². The van der Waals surface area contributed by atoms with Crippen molar-refractivity contribution in [2.75, 3.05) is 26.2 Å². The number of nitrogens with one attached hydrogen (secondary N) is 1. The van der Waals surface area contributed by atoms with Crippen LogP contribution in [0, 0.1) is 0 Å². The molecule has 1 aromatic heterocycles. The molecule has 1 aromatic rings. The third-order valence-electron chi connectivity index (χ3n) is 2.79. The summed E-state index contributed by atoms with van der Waals surface area (Å²) in [7, 11) is 0. The van der Waals surface area contributed by atoms with Crippen LogP contribution in [-0.4, -0.2) is 42.2 Å². The summed E-state index contributed by atoms with van der Waals surface area (Å²) in [6, 6.07) is 3.05. The fraction of sp³-hybridized carbons (Fsp3) is 0.545. The van der Waals surface area contributed by atoms with Crippen molar-refractivity contribution in [3.63, 3.8) is 0 Å². The molecule has 110 valence electrons. The van der Waals surface area contributed by atoms with E-state index in [1.165, 1.54) is 17.2 Å². The third kappa shape index (κ3) is 4.80. The summed E-state index contributed by atoms with van der Waals surface area (Å²) in [5.74, 6) is 0. The average Bonchev–Trinajstić information content (AvgIpc) is 2.30. The van der Waals surface area contributed by atoms with Gasteiger partial charge in [-0.3, -0.25) is 9.88 Å². The smallest absolute Gasteiger partial charge is 0.314 e. The second kappa shape index (κ2) is 7.89. The van der Waals surface area contributed by atoms with E-state index in [-0.39, 0.29) is 30.5 Å². The lowest BCUT2D eigenvalue weighted by atomic mass is 10.1. The molecule has 0 bridgehead atoms. The minimum Gasteiger partial charge on any atom is -0.314 e. The Morgan fingerprint density at radius 1 is 1.16 bits per heavy atom. The average molecular weight is 318 g/mol. The molecule has 0 radical (unpaired) electrons. The number of hydrogen-bond acceptors (Lipinski definition) is 3. The van der Waals surface area contributed by atoms with E-state index in [0.717, 1.165) is 0 Å². The van der Waals surface area contributed by atoms with Gasteiger partial charge in [-0.2, -0.15) is 13.2 Å². The van der Waals surface area contributed by atoms with Gasteiger partial charge in [0.15, 0.2) is 0 Å². The minimum absolute atomic E-state index is 0. The van der Waals surface area contributed by atoms with E-state index in [0.29, 0.717) is 26.2 Å². The standard InChI is InChI=1S/C11H14F3N3.2ClH/c12-11(13,14)10(9-3-1-2-4-16-9)17-7-5-15-6-8-17;;/h1-4,10,15H,5-8H2;2*1H/t10-;;/m0../s1. The molecular formula is C11H16Cl2F3N3. The number of hydrogen-bond donors (Lipinski definition) is 1. The Kier molecular flexibility index (Phi) is 7.66. The molecule has 0 amide bonds. The second-order valence-corrected chi connectivity index (χ2v) is 3.98. The summed E-state index contributed by atoms with van der Waals surface area (Å²) in [4.78, 5) is 5.27. The van der Waals surface area contributed by atoms with Crippen LogP contribution in [-0.2, 0) is 0 Å². The van der Waals surface area contributed by atoms with Crippen LogP contribution >= 0.6 is 24.8 Å². The van der Waals surface area contributed by atoms with E-state index in [4.69, 9.17) is 0 Å². The van der Waals surface area contributed by atoms with E-state index in [1.54, 1.807) is 12.1 Å². The Morgan fingerprint density at radius 3 is 2.26 bits per heavy atom. The third-order valence-corrected chi connectivity index (χ3v) is 2.79. The molecule has 1 atom stereocenters. The second-order valence-electron chi connectivity index (χ2n) is 3.98. The summed E-state index contributed by atoms with van der Waals surface area (Å²) in [6.07, 6.45) is -2.89. The molecule has 0 aliphatic carbocycles. The van der Waals surface area contributed by atoms with Gasteiger partial charge in [-0.25, -0.2) is 0 Å². The minimum atomic E-state index is -4.29. The topological polar surface area (TPSA) is 28.2 Å². The summed E-state index contributed by atoms with van der Waals surface area (Å²) in [5, 5.41) is 3.04. The quantitative estimate of drug-likeness (QED) is 0.908. The van der Waals surface area contributed by atoms with Gasteiger partial charge < -0.3 is 5.32 Å². The highest BCUT2D eigenvalue weighted by atomic mass is 35.5. The van der Waals surface area contributed by atoms with Crippen LogP contribution in [0.2, 0.25) is 0 Å². The normalized spacial score (nSPS) is 18.1. The Balaban J connectivity index is 0.00000162. The molecule has 0 unspecified atom stereocenters. The zero-order chi connectivity index (χ0) is 12.3. The van der Waals surface area contributed by atoms with Gasteiger partial charge in [0.25, 0.3) is 0 Å². The van der Waals surface area contributed by atoms with Gasteiger partial charge in [-0.05, 0) is 12.1 Å². The van der Waals surface area contributed by atoms with Crippen LogP contribution in [0.3, 0.4) is 0 Å². The van der Waals surface area contributed by atoms with Crippen LogP contribution in [0.25, 0.3) is 0 Å². The van der Waals surface area contributed by atoms with Crippen LogP contribution < -0.4 is 5.32 Å². The molecule has 1 saturated heterocycles. The van der Waals surface area contributed by atoms with Crippen LogP contribution in [0.1, 0.15) is 11.7 Å². The molecule has 1 fully saturated rings. The van der Waals surface area contributed by atoms with Gasteiger partial charge in [0.1, 0.15) is 6.04 Å². The first-order valence-corrected chi connectivity index (χ1v) is 5.51. The highest BCUT2D eigenvalue weighted by Gasteiger charge is 2.45. The first-order chi connectivity index (χ1) is 8.09. The van der Waals surface area contributed by atoms with Gasteiger partial charge in [0.05, 0.1) is 5.69 Å². The van der Waals surface area contributed by atoms with Gasteiger partial charge in [0.2, 0.25) is 0 Å². The Bertz CT molecular complexity index is 356. The molecule has 2 heterocycles. The number of nitrogens with zero attached hydrogens (tertiary/aromatic N) is 2. The largest absolute Gasteiger partial charge is 0.409 e. The van der Waals surface area contributed by atoms with Crippen LogP contribution in [0.5, 0.6) is 0 Å². The summed E-state index contributed by atoms with van der Waals surface area (Å²) >= 11 is 0. The van der Waals surface area contributed by atoms with E-state index in [2.05, 4.69) is 10.3 Å². The molecule has 3 nitrogen and oxygen atoms in total. The first-order valence-electron chi connectivity index (χ1n) is 5.51. The molecule has 0 saturated carbocycles. The van der Waals surface area contributed by atoms with E-state index < -0.39 is 12.2 Å². The number of halogens is 5. The summed E-state index contributed by atoms with van der Waals surface area (Å²) < 4.78 is 39.3. The van der Waals surface area contributed by atoms with Crippen molar-refractivity contribution in [2.45, 2.75) is 12.2 Å². The van der Waals surface area contributed by atoms with Crippen molar-refractivity contribution in [2.24, 2.45) is 0 Å². The monoisotopic (exact) mass is 317 g/mol. The molecule has 1 aliphatic heterocycles. The SMILES string of the molecule is Cl.Cl.FC(F)(F)[C@H](c1ccccn1)N1CCNCC1. The molecule has 2 rings (SSSR count). The van der Waals surface area contributed by atoms with Crippen molar-refractivity contribution < 1.29 is 13.2 Å². The number of alkyl halides is 3. The molecule has 8 heteroatoms. The van der Waals surface area contributed by atoms with Gasteiger partial charge in [0, 0.05) is 32.4 Å². The maximum atomic E-state index is 13.1. The van der Waals surface area contributed by atoms with Gasteiger partial charge in [-0.15, -0.1) is 24.8 Å². The fourth-order valence-corrected chi connectivity index (χ4v) is 2.04. The number of aromatic nitrogens is 1. The first kappa shape index (κ1) is 18.4. The number of rotatable bonds is 2.